The number of aryl methyl sites for hydroxylation is 1. The fraction of sp³-hybridized carbons (Fsp3) is 0.111. The first kappa shape index (κ1) is 19.6. The molecule has 0 radical (unpaired) electrons. The number of para-hydroxylation sites is 1. The highest BCUT2D eigenvalue weighted by Gasteiger charge is 2.35. The zero-order valence-corrected chi connectivity index (χ0v) is 15.3. The number of sulfonamides is 1. The molecule has 0 spiro atoms. The molecule has 3 aromatic rings. The lowest BCUT2D eigenvalue weighted by molar-refractivity contribution is -0.136. The Balaban J connectivity index is 2.06. The summed E-state index contributed by atoms with van der Waals surface area (Å²) in [6, 6.07) is 10.6. The van der Waals surface area contributed by atoms with Crippen LogP contribution in [0.5, 0.6) is 0 Å². The second-order valence-electron chi connectivity index (χ2n) is 5.84. The highest BCUT2D eigenvalue weighted by atomic mass is 32.2. The molecule has 2 aromatic carbocycles. The van der Waals surface area contributed by atoms with Crippen molar-refractivity contribution in [2.24, 2.45) is 0 Å². The molecule has 0 amide bonds. The van der Waals surface area contributed by atoms with E-state index < -0.39 is 27.5 Å². The van der Waals surface area contributed by atoms with Gasteiger partial charge in [0.2, 0.25) is 5.95 Å². The third-order valence-corrected chi connectivity index (χ3v) is 5.13. The largest absolute Gasteiger partial charge is 0.418 e. The number of alkyl halides is 3. The van der Waals surface area contributed by atoms with E-state index >= 15 is 0 Å². The number of nitrogens with zero attached hydrogens (tertiary/aromatic N) is 2. The van der Waals surface area contributed by atoms with Crippen molar-refractivity contribution in [1.82, 2.24) is 9.97 Å². The summed E-state index contributed by atoms with van der Waals surface area (Å²) in [5.41, 5.74) is -0.967. The number of aromatic nitrogens is 2. The molecular formula is C18H15F3N4O2S. The van der Waals surface area contributed by atoms with Gasteiger partial charge < -0.3 is 5.32 Å². The first-order valence-corrected chi connectivity index (χ1v) is 9.49. The fourth-order valence-electron chi connectivity index (χ4n) is 2.40. The summed E-state index contributed by atoms with van der Waals surface area (Å²) >= 11 is 0. The summed E-state index contributed by atoms with van der Waals surface area (Å²) in [6.45, 7) is 1.79. The molecule has 3 rings (SSSR count). The van der Waals surface area contributed by atoms with E-state index in [1.807, 2.05) is 0 Å². The van der Waals surface area contributed by atoms with Gasteiger partial charge in [0, 0.05) is 12.4 Å². The average Bonchev–Trinajstić information content (AvgIpc) is 2.63. The van der Waals surface area contributed by atoms with Crippen LogP contribution in [-0.2, 0) is 16.2 Å². The van der Waals surface area contributed by atoms with Crippen molar-refractivity contribution in [3.8, 4) is 0 Å². The summed E-state index contributed by atoms with van der Waals surface area (Å²) in [7, 11) is -4.11. The van der Waals surface area contributed by atoms with Crippen LogP contribution in [0, 0.1) is 6.92 Å². The van der Waals surface area contributed by atoms with E-state index in [4.69, 9.17) is 0 Å². The molecule has 0 unspecified atom stereocenters. The topological polar surface area (TPSA) is 84.0 Å². The molecule has 0 aliphatic heterocycles. The summed E-state index contributed by atoms with van der Waals surface area (Å²) in [4.78, 5) is 7.60. The number of anilines is 3. The second kappa shape index (κ2) is 7.47. The summed E-state index contributed by atoms with van der Waals surface area (Å²) in [5, 5.41) is 2.46. The Bertz CT molecular complexity index is 1070. The van der Waals surface area contributed by atoms with E-state index in [1.165, 1.54) is 36.7 Å². The van der Waals surface area contributed by atoms with E-state index in [0.717, 1.165) is 17.7 Å². The number of hydrogen-bond acceptors (Lipinski definition) is 5. The van der Waals surface area contributed by atoms with Crippen LogP contribution in [0.3, 0.4) is 0 Å². The van der Waals surface area contributed by atoms with Gasteiger partial charge in [-0.15, -0.1) is 0 Å². The first-order chi connectivity index (χ1) is 13.2. The van der Waals surface area contributed by atoms with E-state index in [9.17, 15) is 21.6 Å². The molecule has 0 fully saturated rings. The molecule has 28 heavy (non-hydrogen) atoms. The Morgan fingerprint density at radius 2 is 1.57 bits per heavy atom. The van der Waals surface area contributed by atoms with Crippen molar-refractivity contribution >= 4 is 27.3 Å². The fourth-order valence-corrected chi connectivity index (χ4v) is 3.48. The molecule has 1 aromatic heterocycles. The van der Waals surface area contributed by atoms with E-state index in [-0.39, 0.29) is 16.5 Å². The summed E-state index contributed by atoms with van der Waals surface area (Å²) < 4.78 is 67.9. The van der Waals surface area contributed by atoms with Crippen LogP contribution < -0.4 is 10.0 Å². The van der Waals surface area contributed by atoms with Crippen LogP contribution in [-0.4, -0.2) is 18.4 Å². The SMILES string of the molecule is Cc1ccc(S(=O)(=O)Nc2cccc(C(F)(F)F)c2Nc2ncccn2)cc1. The molecule has 1 heterocycles. The zero-order valence-electron chi connectivity index (χ0n) is 14.5. The van der Waals surface area contributed by atoms with Crippen LogP contribution in [0.25, 0.3) is 0 Å². The van der Waals surface area contributed by atoms with Crippen molar-refractivity contribution in [2.45, 2.75) is 18.0 Å². The Hall–Kier alpha value is -3.14. The maximum atomic E-state index is 13.5. The standard InChI is InChI=1S/C18H15F3N4O2S/c1-12-6-8-13(9-7-12)28(26,27)25-15-5-2-4-14(18(19,20)21)16(15)24-17-22-10-3-11-23-17/h2-11,25H,1H3,(H,22,23,24). The summed E-state index contributed by atoms with van der Waals surface area (Å²) in [6.07, 6.45) is -2.02. The highest BCUT2D eigenvalue weighted by molar-refractivity contribution is 7.92. The molecule has 0 bridgehead atoms. The molecule has 0 saturated heterocycles. The van der Waals surface area contributed by atoms with Gasteiger partial charge in [-0.2, -0.15) is 13.2 Å². The van der Waals surface area contributed by atoms with Crippen molar-refractivity contribution in [2.75, 3.05) is 10.0 Å². The third-order valence-electron chi connectivity index (χ3n) is 3.75. The Morgan fingerprint density at radius 1 is 0.929 bits per heavy atom. The lowest BCUT2D eigenvalue weighted by atomic mass is 10.1. The lowest BCUT2D eigenvalue weighted by Gasteiger charge is -2.18. The minimum absolute atomic E-state index is 0.0718. The van der Waals surface area contributed by atoms with Crippen LogP contribution in [0.1, 0.15) is 11.1 Å². The van der Waals surface area contributed by atoms with E-state index in [1.54, 1.807) is 19.1 Å². The number of rotatable bonds is 5. The van der Waals surface area contributed by atoms with Gasteiger partial charge in [0.1, 0.15) is 0 Å². The van der Waals surface area contributed by atoms with Gasteiger partial charge in [0.25, 0.3) is 10.0 Å². The Kier molecular flexibility index (Phi) is 5.23. The van der Waals surface area contributed by atoms with Crippen molar-refractivity contribution in [3.05, 3.63) is 72.1 Å². The average molecular weight is 408 g/mol. The number of benzene rings is 2. The molecule has 146 valence electrons. The predicted molar refractivity (Wildman–Crippen MR) is 98.7 cm³/mol. The van der Waals surface area contributed by atoms with Gasteiger partial charge in [-0.05, 0) is 37.3 Å². The van der Waals surface area contributed by atoms with Crippen molar-refractivity contribution in [3.63, 3.8) is 0 Å². The molecule has 2 N–H and O–H groups in total. The summed E-state index contributed by atoms with van der Waals surface area (Å²) in [5.74, 6) is -0.102. The quantitative estimate of drug-likeness (QED) is 0.656. The van der Waals surface area contributed by atoms with Gasteiger partial charge in [-0.1, -0.05) is 23.8 Å². The van der Waals surface area contributed by atoms with Crippen LogP contribution in [0.15, 0.2) is 65.8 Å². The molecule has 0 aliphatic rings. The third kappa shape index (κ3) is 4.39. The molecular weight excluding hydrogens is 393 g/mol. The molecule has 0 atom stereocenters. The normalized spacial score (nSPS) is 11.9. The lowest BCUT2D eigenvalue weighted by Crippen LogP contribution is -2.17. The monoisotopic (exact) mass is 408 g/mol. The smallest absolute Gasteiger partial charge is 0.322 e. The molecule has 10 heteroatoms. The van der Waals surface area contributed by atoms with Gasteiger partial charge in [-0.3, -0.25) is 4.72 Å². The molecule has 0 aliphatic carbocycles. The van der Waals surface area contributed by atoms with Crippen molar-refractivity contribution < 1.29 is 21.6 Å². The highest BCUT2D eigenvalue weighted by Crippen LogP contribution is 2.40. The maximum Gasteiger partial charge on any atom is 0.418 e. The van der Waals surface area contributed by atoms with Crippen molar-refractivity contribution in [1.29, 1.82) is 0 Å². The minimum atomic E-state index is -4.72. The predicted octanol–water partition coefficient (Wildman–Crippen LogP) is 4.35. The second-order valence-corrected chi connectivity index (χ2v) is 7.52. The Labute approximate surface area is 159 Å². The maximum absolute atomic E-state index is 13.5. The van der Waals surface area contributed by atoms with Gasteiger partial charge in [0.15, 0.2) is 0 Å². The zero-order chi connectivity index (χ0) is 20.4. The molecule has 6 nitrogen and oxygen atoms in total. The number of nitrogens with one attached hydrogen (secondary N) is 2. The van der Waals surface area contributed by atoms with Gasteiger partial charge in [-0.25, -0.2) is 18.4 Å². The number of halogens is 3. The Morgan fingerprint density at radius 3 is 2.18 bits per heavy atom. The number of hydrogen-bond donors (Lipinski definition) is 2. The molecule has 0 saturated carbocycles. The van der Waals surface area contributed by atoms with Gasteiger partial charge in [0.05, 0.1) is 21.8 Å². The van der Waals surface area contributed by atoms with Crippen LogP contribution in [0.4, 0.5) is 30.5 Å². The van der Waals surface area contributed by atoms with E-state index in [2.05, 4.69) is 20.0 Å². The minimum Gasteiger partial charge on any atom is -0.322 e. The van der Waals surface area contributed by atoms with Gasteiger partial charge >= 0.3 is 6.18 Å². The van der Waals surface area contributed by atoms with E-state index in [0.29, 0.717) is 0 Å². The van der Waals surface area contributed by atoms with Crippen LogP contribution in [0.2, 0.25) is 0 Å². The first-order valence-electron chi connectivity index (χ1n) is 8.00. The van der Waals surface area contributed by atoms with Crippen LogP contribution >= 0.6 is 0 Å².